The minimum Gasteiger partial charge on any atom is -0.497 e. The predicted molar refractivity (Wildman–Crippen MR) is 108 cm³/mol. The van der Waals surface area contributed by atoms with Crippen LogP contribution in [0.15, 0.2) is 48.5 Å². The maximum absolute atomic E-state index is 12.5. The molecule has 1 aliphatic heterocycles. The molecule has 1 unspecified atom stereocenters. The van der Waals surface area contributed by atoms with Crippen molar-refractivity contribution >= 4 is 5.91 Å². The van der Waals surface area contributed by atoms with Gasteiger partial charge in [0.15, 0.2) is 0 Å². The number of nitrogens with one attached hydrogen (secondary N) is 1. The van der Waals surface area contributed by atoms with Gasteiger partial charge < -0.3 is 10.1 Å². The quantitative estimate of drug-likeness (QED) is 0.811. The van der Waals surface area contributed by atoms with Crippen molar-refractivity contribution in [1.29, 1.82) is 0 Å². The van der Waals surface area contributed by atoms with Crippen molar-refractivity contribution in [2.75, 3.05) is 20.2 Å². The fourth-order valence-corrected chi connectivity index (χ4v) is 3.84. The van der Waals surface area contributed by atoms with Crippen molar-refractivity contribution in [2.24, 2.45) is 5.92 Å². The van der Waals surface area contributed by atoms with Gasteiger partial charge in [0.2, 0.25) is 5.91 Å². The van der Waals surface area contributed by atoms with Crippen LogP contribution in [0, 0.1) is 5.92 Å². The van der Waals surface area contributed by atoms with Crippen LogP contribution in [0.4, 0.5) is 0 Å². The number of rotatable bonds is 7. The van der Waals surface area contributed by atoms with E-state index in [1.807, 2.05) is 12.1 Å². The first-order valence-electron chi connectivity index (χ1n) is 9.98. The molecule has 0 aromatic heterocycles. The van der Waals surface area contributed by atoms with E-state index >= 15 is 0 Å². The zero-order valence-corrected chi connectivity index (χ0v) is 16.0. The lowest BCUT2D eigenvalue weighted by molar-refractivity contribution is -0.125. The first kappa shape index (κ1) is 18.1. The predicted octanol–water partition coefficient (Wildman–Crippen LogP) is 3.85. The molecule has 0 spiro atoms. The number of ether oxygens (including phenoxy) is 1. The fourth-order valence-electron chi connectivity index (χ4n) is 3.84. The normalized spacial score (nSPS) is 19.8. The van der Waals surface area contributed by atoms with Crippen LogP contribution in [0.1, 0.15) is 31.2 Å². The van der Waals surface area contributed by atoms with E-state index in [9.17, 15) is 4.79 Å². The zero-order chi connectivity index (χ0) is 18.6. The number of nitrogens with zero attached hydrogens (tertiary/aromatic N) is 1. The van der Waals surface area contributed by atoms with E-state index in [-0.39, 0.29) is 11.9 Å². The van der Waals surface area contributed by atoms with Crippen LogP contribution in [0.2, 0.25) is 0 Å². The molecule has 4 heteroatoms. The minimum absolute atomic E-state index is 0.0295. The number of benzene rings is 2. The summed E-state index contributed by atoms with van der Waals surface area (Å²) >= 11 is 0. The molecule has 4 nitrogen and oxygen atoms in total. The Hall–Kier alpha value is -2.33. The number of likely N-dealkylation sites (tertiary alicyclic amines) is 1. The summed E-state index contributed by atoms with van der Waals surface area (Å²) in [6, 6.07) is 16.8. The average Bonchev–Trinajstić information content (AvgIpc) is 3.43. The Morgan fingerprint density at radius 3 is 2.67 bits per heavy atom. The molecular formula is C23H28N2O2. The van der Waals surface area contributed by atoms with Gasteiger partial charge in [-0.25, -0.2) is 0 Å². The highest BCUT2D eigenvalue weighted by Crippen LogP contribution is 2.28. The van der Waals surface area contributed by atoms with Crippen LogP contribution in [-0.2, 0) is 11.3 Å². The third-order valence-corrected chi connectivity index (χ3v) is 5.67. The Balaban J connectivity index is 1.39. The van der Waals surface area contributed by atoms with E-state index in [1.165, 1.54) is 24.0 Å². The second-order valence-corrected chi connectivity index (χ2v) is 7.75. The zero-order valence-electron chi connectivity index (χ0n) is 16.0. The maximum atomic E-state index is 12.5. The average molecular weight is 364 g/mol. The van der Waals surface area contributed by atoms with Crippen molar-refractivity contribution < 1.29 is 9.53 Å². The number of hydrogen-bond acceptors (Lipinski definition) is 3. The topological polar surface area (TPSA) is 41.6 Å². The number of methoxy groups -OCH3 is 1. The third-order valence-electron chi connectivity index (χ3n) is 5.67. The SMILES string of the molecule is COc1cccc(-c2ccc(CN3CCCC3C(=O)NCC3CC3)cc2)c1. The van der Waals surface area contributed by atoms with Crippen molar-refractivity contribution in [3.63, 3.8) is 0 Å². The van der Waals surface area contributed by atoms with Crippen LogP contribution in [0.3, 0.4) is 0 Å². The summed E-state index contributed by atoms with van der Waals surface area (Å²) in [6.07, 6.45) is 4.62. The Kier molecular flexibility index (Phi) is 5.44. The minimum atomic E-state index is 0.0295. The molecular weight excluding hydrogens is 336 g/mol. The van der Waals surface area contributed by atoms with Gasteiger partial charge in [-0.1, -0.05) is 36.4 Å². The molecule has 2 aliphatic rings. The lowest BCUT2D eigenvalue weighted by Gasteiger charge is -2.24. The monoisotopic (exact) mass is 364 g/mol. The molecule has 1 heterocycles. The molecule has 2 aromatic rings. The van der Waals surface area contributed by atoms with Gasteiger partial charge in [0.05, 0.1) is 13.2 Å². The van der Waals surface area contributed by atoms with Crippen LogP contribution >= 0.6 is 0 Å². The summed E-state index contributed by atoms with van der Waals surface area (Å²) in [7, 11) is 1.69. The Bertz CT molecular complexity index is 783. The molecule has 2 fully saturated rings. The highest BCUT2D eigenvalue weighted by atomic mass is 16.5. The molecule has 0 bridgehead atoms. The van der Waals surface area contributed by atoms with Gasteiger partial charge >= 0.3 is 0 Å². The Morgan fingerprint density at radius 1 is 1.11 bits per heavy atom. The number of carbonyl (C=O) groups is 1. The van der Waals surface area contributed by atoms with Gasteiger partial charge in [0, 0.05) is 13.1 Å². The van der Waals surface area contributed by atoms with E-state index in [1.54, 1.807) is 7.11 Å². The highest BCUT2D eigenvalue weighted by Gasteiger charge is 2.31. The summed E-state index contributed by atoms with van der Waals surface area (Å²) < 4.78 is 5.32. The summed E-state index contributed by atoms with van der Waals surface area (Å²) in [5.41, 5.74) is 3.58. The molecule has 1 amide bonds. The first-order valence-corrected chi connectivity index (χ1v) is 9.98. The lowest BCUT2D eigenvalue weighted by Crippen LogP contribution is -2.43. The van der Waals surface area contributed by atoms with Crippen LogP contribution in [-0.4, -0.2) is 37.0 Å². The molecule has 1 saturated carbocycles. The van der Waals surface area contributed by atoms with Crippen LogP contribution in [0.25, 0.3) is 11.1 Å². The lowest BCUT2D eigenvalue weighted by atomic mass is 10.0. The molecule has 4 rings (SSSR count). The smallest absolute Gasteiger partial charge is 0.237 e. The largest absolute Gasteiger partial charge is 0.497 e. The van der Waals surface area contributed by atoms with Crippen LogP contribution < -0.4 is 10.1 Å². The van der Waals surface area contributed by atoms with Crippen molar-refractivity contribution in [1.82, 2.24) is 10.2 Å². The van der Waals surface area contributed by atoms with E-state index in [4.69, 9.17) is 4.74 Å². The van der Waals surface area contributed by atoms with E-state index in [0.29, 0.717) is 0 Å². The molecule has 1 atom stereocenters. The molecule has 142 valence electrons. The van der Waals surface area contributed by atoms with Gasteiger partial charge in [-0.2, -0.15) is 0 Å². The third kappa shape index (κ3) is 4.51. The van der Waals surface area contributed by atoms with Gasteiger partial charge in [0.25, 0.3) is 0 Å². The fraction of sp³-hybridized carbons (Fsp3) is 0.435. The van der Waals surface area contributed by atoms with Gasteiger partial charge in [0.1, 0.15) is 5.75 Å². The molecule has 2 aromatic carbocycles. The molecule has 1 aliphatic carbocycles. The second kappa shape index (κ2) is 8.13. The van der Waals surface area contributed by atoms with E-state index in [2.05, 4.69) is 46.6 Å². The standard InChI is InChI=1S/C23H28N2O2/c1-27-21-5-2-4-20(14-21)19-11-9-18(10-12-19)16-25-13-3-6-22(25)23(26)24-15-17-7-8-17/h2,4-5,9-12,14,17,22H,3,6-8,13,15-16H2,1H3,(H,24,26). The maximum Gasteiger partial charge on any atom is 0.237 e. The number of carbonyl (C=O) groups excluding carboxylic acids is 1. The first-order chi connectivity index (χ1) is 13.2. The second-order valence-electron chi connectivity index (χ2n) is 7.75. The summed E-state index contributed by atoms with van der Waals surface area (Å²) in [5.74, 6) is 1.81. The summed E-state index contributed by atoms with van der Waals surface area (Å²) in [6.45, 7) is 2.69. The van der Waals surface area contributed by atoms with Crippen molar-refractivity contribution in [3.8, 4) is 16.9 Å². The van der Waals surface area contributed by atoms with E-state index in [0.717, 1.165) is 49.7 Å². The summed E-state index contributed by atoms with van der Waals surface area (Å²) in [5, 5.41) is 3.15. The molecule has 1 N–H and O–H groups in total. The number of hydrogen-bond donors (Lipinski definition) is 1. The van der Waals surface area contributed by atoms with Gasteiger partial charge in [-0.05, 0) is 67.0 Å². The molecule has 27 heavy (non-hydrogen) atoms. The number of amides is 1. The van der Waals surface area contributed by atoms with Gasteiger partial charge in [-0.15, -0.1) is 0 Å². The van der Waals surface area contributed by atoms with Crippen molar-refractivity contribution in [3.05, 3.63) is 54.1 Å². The Morgan fingerprint density at radius 2 is 1.93 bits per heavy atom. The van der Waals surface area contributed by atoms with Crippen molar-refractivity contribution in [2.45, 2.75) is 38.3 Å². The highest BCUT2D eigenvalue weighted by molar-refractivity contribution is 5.82. The van der Waals surface area contributed by atoms with Gasteiger partial charge in [-0.3, -0.25) is 9.69 Å². The van der Waals surface area contributed by atoms with Crippen LogP contribution in [0.5, 0.6) is 5.75 Å². The molecule has 1 saturated heterocycles. The Labute approximate surface area is 161 Å². The van der Waals surface area contributed by atoms with E-state index < -0.39 is 0 Å². The summed E-state index contributed by atoms with van der Waals surface area (Å²) in [4.78, 5) is 14.8. The molecule has 0 radical (unpaired) electrons.